The minimum atomic E-state index is -0.243. The van der Waals surface area contributed by atoms with E-state index in [2.05, 4.69) is 44.1 Å². The number of thiophene rings is 1. The fourth-order valence-electron chi connectivity index (χ4n) is 1.52. The van der Waals surface area contributed by atoms with Crippen molar-refractivity contribution in [2.24, 2.45) is 0 Å². The first-order valence-electron chi connectivity index (χ1n) is 5.02. The van der Waals surface area contributed by atoms with Crippen LogP contribution in [0.3, 0.4) is 0 Å². The Kier molecular flexibility index (Phi) is 4.22. The summed E-state index contributed by atoms with van der Waals surface area (Å²) in [5.74, 6) is -0.243. The Bertz CT molecular complexity index is 527. The maximum atomic E-state index is 13.0. The van der Waals surface area contributed by atoms with Gasteiger partial charge in [-0.3, -0.25) is 0 Å². The van der Waals surface area contributed by atoms with Gasteiger partial charge in [0.05, 0.1) is 6.04 Å². The lowest BCUT2D eigenvalue weighted by Crippen LogP contribution is -2.06. The van der Waals surface area contributed by atoms with E-state index in [1.165, 1.54) is 17.0 Å². The predicted molar refractivity (Wildman–Crippen MR) is 78.2 cm³/mol. The van der Waals surface area contributed by atoms with Crippen LogP contribution in [0.25, 0.3) is 0 Å². The summed E-state index contributed by atoms with van der Waals surface area (Å²) < 4.78 is 14.8. The summed E-state index contributed by atoms with van der Waals surface area (Å²) in [7, 11) is 0. The van der Waals surface area contributed by atoms with Crippen LogP contribution in [0.2, 0.25) is 0 Å². The third-order valence-electron chi connectivity index (χ3n) is 2.34. The van der Waals surface area contributed by atoms with Crippen LogP contribution in [0.15, 0.2) is 38.6 Å². The highest BCUT2D eigenvalue weighted by molar-refractivity contribution is 9.11. The van der Waals surface area contributed by atoms with Gasteiger partial charge in [0.2, 0.25) is 0 Å². The number of rotatable bonds is 3. The molecule has 1 aromatic carbocycles. The van der Waals surface area contributed by atoms with Gasteiger partial charge in [-0.15, -0.1) is 11.3 Å². The molecular weight excluding hydrogens is 369 g/mol. The van der Waals surface area contributed by atoms with Crippen molar-refractivity contribution in [3.8, 4) is 0 Å². The molecule has 90 valence electrons. The second kappa shape index (κ2) is 5.50. The molecule has 0 amide bonds. The maximum absolute atomic E-state index is 13.0. The molecular formula is C12H10Br2FNS. The predicted octanol–water partition coefficient (Wildman–Crippen LogP) is 5.59. The molecule has 2 aromatic rings. The first-order chi connectivity index (χ1) is 8.08. The Labute approximate surface area is 120 Å². The zero-order valence-electron chi connectivity index (χ0n) is 9.01. The molecule has 1 nitrogen and oxygen atoms in total. The third kappa shape index (κ3) is 3.09. The molecule has 5 heteroatoms. The van der Waals surface area contributed by atoms with Crippen molar-refractivity contribution in [2.45, 2.75) is 13.0 Å². The molecule has 1 heterocycles. The molecule has 0 aliphatic heterocycles. The summed E-state index contributed by atoms with van der Waals surface area (Å²) in [5, 5.41) is 5.39. The lowest BCUT2D eigenvalue weighted by Gasteiger charge is -2.15. The maximum Gasteiger partial charge on any atom is 0.124 e. The van der Waals surface area contributed by atoms with Gasteiger partial charge in [0, 0.05) is 19.5 Å². The van der Waals surface area contributed by atoms with E-state index in [4.69, 9.17) is 0 Å². The normalized spacial score (nSPS) is 12.5. The Hall–Kier alpha value is -0.390. The van der Waals surface area contributed by atoms with E-state index in [1.807, 2.05) is 11.4 Å². The molecule has 0 saturated heterocycles. The topological polar surface area (TPSA) is 12.0 Å². The molecule has 1 atom stereocenters. The van der Waals surface area contributed by atoms with Crippen molar-refractivity contribution in [3.63, 3.8) is 0 Å². The Morgan fingerprint density at radius 1 is 1.24 bits per heavy atom. The van der Waals surface area contributed by atoms with E-state index in [-0.39, 0.29) is 11.9 Å². The Morgan fingerprint density at radius 2 is 2.00 bits per heavy atom. The zero-order chi connectivity index (χ0) is 12.4. The third-order valence-corrected chi connectivity index (χ3v) is 5.05. The van der Waals surface area contributed by atoms with Crippen molar-refractivity contribution in [3.05, 3.63) is 49.3 Å². The summed E-state index contributed by atoms with van der Waals surface area (Å²) >= 11 is 8.54. The van der Waals surface area contributed by atoms with E-state index in [1.54, 1.807) is 17.4 Å². The van der Waals surface area contributed by atoms with Crippen molar-refractivity contribution in [1.29, 1.82) is 0 Å². The highest BCUT2D eigenvalue weighted by Crippen LogP contribution is 2.33. The monoisotopic (exact) mass is 377 g/mol. The second-order valence-electron chi connectivity index (χ2n) is 3.62. The number of anilines is 1. The van der Waals surface area contributed by atoms with Crippen LogP contribution in [0.1, 0.15) is 17.8 Å². The average molecular weight is 379 g/mol. The van der Waals surface area contributed by atoms with Gasteiger partial charge in [-0.05, 0) is 68.4 Å². The summed E-state index contributed by atoms with van der Waals surface area (Å²) in [4.78, 5) is 1.22. The van der Waals surface area contributed by atoms with Crippen molar-refractivity contribution < 1.29 is 4.39 Å². The standard InChI is InChI=1S/C12H10Br2FNS/c1-7(12-9(13)4-5-17-12)16-11-3-2-8(15)6-10(11)14/h2-7,16H,1H3. The van der Waals surface area contributed by atoms with Crippen molar-refractivity contribution in [2.75, 3.05) is 5.32 Å². The SMILES string of the molecule is CC(Nc1ccc(F)cc1Br)c1sccc1Br. The summed E-state index contributed by atoms with van der Waals surface area (Å²) in [6.07, 6.45) is 0. The van der Waals surface area contributed by atoms with E-state index in [0.717, 1.165) is 14.6 Å². The molecule has 0 aliphatic rings. The zero-order valence-corrected chi connectivity index (χ0v) is 13.0. The van der Waals surface area contributed by atoms with Gasteiger partial charge in [-0.25, -0.2) is 4.39 Å². The smallest absolute Gasteiger partial charge is 0.124 e. The first kappa shape index (κ1) is 13.1. The minimum Gasteiger partial charge on any atom is -0.377 e. The molecule has 0 bridgehead atoms. The van der Waals surface area contributed by atoms with Gasteiger partial charge in [0.1, 0.15) is 5.82 Å². The second-order valence-corrected chi connectivity index (χ2v) is 6.28. The molecule has 1 N–H and O–H groups in total. The molecule has 17 heavy (non-hydrogen) atoms. The number of nitrogens with one attached hydrogen (secondary N) is 1. The van der Waals surface area contributed by atoms with Gasteiger partial charge in [-0.1, -0.05) is 0 Å². The molecule has 0 radical (unpaired) electrons. The van der Waals surface area contributed by atoms with Crippen LogP contribution in [0, 0.1) is 5.82 Å². The molecule has 0 fully saturated rings. The lowest BCUT2D eigenvalue weighted by atomic mass is 10.2. The lowest BCUT2D eigenvalue weighted by molar-refractivity contribution is 0.627. The molecule has 1 unspecified atom stereocenters. The van der Waals surface area contributed by atoms with Gasteiger partial charge in [0.25, 0.3) is 0 Å². The van der Waals surface area contributed by atoms with Gasteiger partial charge in [-0.2, -0.15) is 0 Å². The summed E-state index contributed by atoms with van der Waals surface area (Å²) in [5.41, 5.74) is 0.888. The molecule has 0 spiro atoms. The number of benzene rings is 1. The van der Waals surface area contributed by atoms with Crippen LogP contribution in [-0.2, 0) is 0 Å². The van der Waals surface area contributed by atoms with Crippen LogP contribution in [0.5, 0.6) is 0 Å². The molecule has 0 saturated carbocycles. The number of hydrogen-bond acceptors (Lipinski definition) is 2. The summed E-state index contributed by atoms with van der Waals surface area (Å²) in [6, 6.07) is 6.84. The molecule has 2 rings (SSSR count). The van der Waals surface area contributed by atoms with Gasteiger partial charge in [0.15, 0.2) is 0 Å². The van der Waals surface area contributed by atoms with Crippen molar-refractivity contribution >= 4 is 48.9 Å². The molecule has 0 aliphatic carbocycles. The Morgan fingerprint density at radius 3 is 2.59 bits per heavy atom. The largest absolute Gasteiger partial charge is 0.377 e. The van der Waals surface area contributed by atoms with Crippen LogP contribution >= 0.6 is 43.2 Å². The fourth-order valence-corrected chi connectivity index (χ4v) is 3.71. The van der Waals surface area contributed by atoms with Crippen LogP contribution in [-0.4, -0.2) is 0 Å². The van der Waals surface area contributed by atoms with Gasteiger partial charge >= 0.3 is 0 Å². The summed E-state index contributed by atoms with van der Waals surface area (Å²) in [6.45, 7) is 2.08. The van der Waals surface area contributed by atoms with E-state index in [0.29, 0.717) is 0 Å². The average Bonchev–Trinajstić information content (AvgIpc) is 2.68. The fraction of sp³-hybridized carbons (Fsp3) is 0.167. The molecule has 1 aromatic heterocycles. The van der Waals surface area contributed by atoms with Crippen LogP contribution < -0.4 is 5.32 Å². The quantitative estimate of drug-likeness (QED) is 0.734. The van der Waals surface area contributed by atoms with Crippen LogP contribution in [0.4, 0.5) is 10.1 Å². The van der Waals surface area contributed by atoms with Gasteiger partial charge < -0.3 is 5.32 Å². The number of hydrogen-bond donors (Lipinski definition) is 1. The Balaban J connectivity index is 2.19. The highest BCUT2D eigenvalue weighted by Gasteiger charge is 2.12. The van der Waals surface area contributed by atoms with E-state index in [9.17, 15) is 4.39 Å². The van der Waals surface area contributed by atoms with E-state index >= 15 is 0 Å². The first-order valence-corrected chi connectivity index (χ1v) is 7.49. The minimum absolute atomic E-state index is 0.172. The highest BCUT2D eigenvalue weighted by atomic mass is 79.9. The number of halogens is 3. The van der Waals surface area contributed by atoms with Crippen molar-refractivity contribution in [1.82, 2.24) is 0 Å². The van der Waals surface area contributed by atoms with E-state index < -0.39 is 0 Å².